The summed E-state index contributed by atoms with van der Waals surface area (Å²) in [5, 5.41) is 9.60. The number of carbonyl (C=O) groups excluding carboxylic acids is 2. The number of rotatable bonds is 3. The Morgan fingerprint density at radius 2 is 1.89 bits per heavy atom. The van der Waals surface area contributed by atoms with Crippen LogP contribution in [0.25, 0.3) is 0 Å². The molecule has 2 aliphatic rings. The first-order valence-electron chi connectivity index (χ1n) is 6.97. The van der Waals surface area contributed by atoms with Crippen LogP contribution >= 0.6 is 0 Å². The Kier molecular flexibility index (Phi) is 4.10. The van der Waals surface area contributed by atoms with Crippen molar-refractivity contribution in [1.82, 2.24) is 4.90 Å². The van der Waals surface area contributed by atoms with E-state index in [-0.39, 0.29) is 25.3 Å². The van der Waals surface area contributed by atoms with Crippen molar-refractivity contribution in [2.75, 3.05) is 6.54 Å². The van der Waals surface area contributed by atoms with Crippen LogP contribution in [0.3, 0.4) is 0 Å². The van der Waals surface area contributed by atoms with Gasteiger partial charge >= 0.3 is 0 Å². The van der Waals surface area contributed by atoms with Gasteiger partial charge in [0.2, 0.25) is 11.8 Å². The molecule has 1 aliphatic heterocycles. The maximum atomic E-state index is 12.3. The number of hydrogen-bond donors (Lipinski definition) is 3. The minimum absolute atomic E-state index is 0.162. The molecule has 19 heavy (non-hydrogen) atoms. The van der Waals surface area contributed by atoms with Crippen molar-refractivity contribution in [3.8, 4) is 0 Å². The van der Waals surface area contributed by atoms with E-state index < -0.39 is 23.6 Å². The number of nitrogens with two attached hydrogens (primary N) is 2. The van der Waals surface area contributed by atoms with E-state index in [0.717, 1.165) is 25.7 Å². The van der Waals surface area contributed by atoms with Crippen LogP contribution in [0.2, 0.25) is 0 Å². The van der Waals surface area contributed by atoms with Crippen LogP contribution < -0.4 is 11.5 Å². The first kappa shape index (κ1) is 14.3. The lowest BCUT2D eigenvalue weighted by Gasteiger charge is -2.34. The van der Waals surface area contributed by atoms with Gasteiger partial charge in [0.25, 0.3) is 0 Å². The zero-order valence-electron chi connectivity index (χ0n) is 11.2. The molecule has 1 heterocycles. The summed E-state index contributed by atoms with van der Waals surface area (Å²) in [6.45, 7) is 0.183. The number of carbonyl (C=O) groups is 2. The molecule has 0 aromatic carbocycles. The third kappa shape index (κ3) is 3.25. The normalized spacial score (nSPS) is 30.3. The highest BCUT2D eigenvalue weighted by Gasteiger charge is 2.40. The Hall–Kier alpha value is -1.14. The van der Waals surface area contributed by atoms with Crippen LogP contribution in [-0.2, 0) is 9.59 Å². The van der Waals surface area contributed by atoms with Crippen LogP contribution in [0, 0.1) is 0 Å². The van der Waals surface area contributed by atoms with Gasteiger partial charge in [-0.2, -0.15) is 0 Å². The maximum Gasteiger partial charge on any atom is 0.240 e. The second kappa shape index (κ2) is 5.46. The number of hydrogen-bond acceptors (Lipinski definition) is 4. The summed E-state index contributed by atoms with van der Waals surface area (Å²) >= 11 is 0. The number of likely N-dealkylation sites (tertiary alicyclic amines) is 1. The lowest BCUT2D eigenvalue weighted by Crippen LogP contribution is -2.50. The number of aliphatic hydroxyl groups excluding tert-OH is 1. The van der Waals surface area contributed by atoms with E-state index in [1.54, 1.807) is 0 Å². The highest BCUT2D eigenvalue weighted by atomic mass is 16.3. The van der Waals surface area contributed by atoms with E-state index in [1.165, 1.54) is 11.3 Å². The molecule has 2 atom stereocenters. The Balaban J connectivity index is 2.00. The van der Waals surface area contributed by atoms with Crippen molar-refractivity contribution >= 4 is 11.8 Å². The number of primary amides is 1. The number of aliphatic hydroxyl groups is 1. The zero-order chi connectivity index (χ0) is 14.0. The quantitative estimate of drug-likeness (QED) is 0.640. The van der Waals surface area contributed by atoms with Gasteiger partial charge in [-0.3, -0.25) is 9.59 Å². The third-order valence-corrected chi connectivity index (χ3v) is 4.28. The van der Waals surface area contributed by atoms with Crippen molar-refractivity contribution in [2.24, 2.45) is 11.5 Å². The summed E-state index contributed by atoms with van der Waals surface area (Å²) in [5.74, 6) is -0.718. The predicted octanol–water partition coefficient (Wildman–Crippen LogP) is -0.515. The molecule has 6 nitrogen and oxygen atoms in total. The van der Waals surface area contributed by atoms with Crippen LogP contribution in [-0.4, -0.2) is 46.1 Å². The fourth-order valence-corrected chi connectivity index (χ4v) is 3.19. The average molecular weight is 269 g/mol. The van der Waals surface area contributed by atoms with E-state index in [1.807, 2.05) is 0 Å². The molecule has 0 radical (unpaired) electrons. The van der Waals surface area contributed by atoms with Gasteiger partial charge in [-0.05, 0) is 12.8 Å². The van der Waals surface area contributed by atoms with E-state index in [4.69, 9.17) is 11.5 Å². The maximum absolute atomic E-state index is 12.3. The molecule has 5 N–H and O–H groups in total. The molecule has 1 saturated carbocycles. The second-order valence-corrected chi connectivity index (χ2v) is 5.95. The van der Waals surface area contributed by atoms with Gasteiger partial charge in [0.15, 0.2) is 0 Å². The molecule has 1 saturated heterocycles. The largest absolute Gasteiger partial charge is 0.391 e. The zero-order valence-corrected chi connectivity index (χ0v) is 11.2. The molecule has 0 aromatic heterocycles. The van der Waals surface area contributed by atoms with E-state index >= 15 is 0 Å². The number of amides is 2. The van der Waals surface area contributed by atoms with Gasteiger partial charge in [0.05, 0.1) is 6.10 Å². The molecule has 2 unspecified atom stereocenters. The summed E-state index contributed by atoms with van der Waals surface area (Å²) in [7, 11) is 0. The standard InChI is InChI=1S/C13H23N3O3/c14-12(19)10-6-9(17)8-16(10)11(18)7-13(15)4-2-1-3-5-13/h9-10,17H,1-8,15H2,(H2,14,19). The molecule has 2 fully saturated rings. The Morgan fingerprint density at radius 3 is 2.47 bits per heavy atom. The van der Waals surface area contributed by atoms with Crippen LogP contribution in [0.15, 0.2) is 0 Å². The van der Waals surface area contributed by atoms with Crippen molar-refractivity contribution in [1.29, 1.82) is 0 Å². The lowest BCUT2D eigenvalue weighted by molar-refractivity contribution is -0.138. The van der Waals surface area contributed by atoms with Crippen LogP contribution in [0.5, 0.6) is 0 Å². The van der Waals surface area contributed by atoms with Gasteiger partial charge in [-0.1, -0.05) is 19.3 Å². The Morgan fingerprint density at radius 1 is 1.26 bits per heavy atom. The van der Waals surface area contributed by atoms with Gasteiger partial charge in [-0.25, -0.2) is 0 Å². The fourth-order valence-electron chi connectivity index (χ4n) is 3.19. The molecule has 2 amide bonds. The molecule has 108 valence electrons. The van der Waals surface area contributed by atoms with Crippen LogP contribution in [0.1, 0.15) is 44.9 Å². The average Bonchev–Trinajstić information content (AvgIpc) is 2.72. The van der Waals surface area contributed by atoms with Crippen LogP contribution in [0.4, 0.5) is 0 Å². The Bertz CT molecular complexity index is 366. The molecule has 6 heteroatoms. The minimum atomic E-state index is -0.685. The number of nitrogens with zero attached hydrogens (tertiary/aromatic N) is 1. The predicted molar refractivity (Wildman–Crippen MR) is 69.9 cm³/mol. The molecular formula is C13H23N3O3. The summed E-state index contributed by atoms with van der Waals surface area (Å²) in [6, 6.07) is -0.685. The van der Waals surface area contributed by atoms with Gasteiger partial charge < -0.3 is 21.5 Å². The molecule has 0 spiro atoms. The molecule has 0 bridgehead atoms. The van der Waals surface area contributed by atoms with Crippen molar-refractivity contribution in [3.05, 3.63) is 0 Å². The first-order chi connectivity index (χ1) is 8.91. The van der Waals surface area contributed by atoms with Crippen molar-refractivity contribution in [3.63, 3.8) is 0 Å². The monoisotopic (exact) mass is 269 g/mol. The van der Waals surface area contributed by atoms with E-state index in [9.17, 15) is 14.7 Å². The van der Waals surface area contributed by atoms with Gasteiger partial charge in [0.1, 0.15) is 6.04 Å². The highest BCUT2D eigenvalue weighted by molar-refractivity contribution is 5.87. The van der Waals surface area contributed by atoms with E-state index in [2.05, 4.69) is 0 Å². The van der Waals surface area contributed by atoms with Gasteiger partial charge in [-0.15, -0.1) is 0 Å². The Labute approximate surface area is 113 Å². The summed E-state index contributed by atoms with van der Waals surface area (Å²) in [4.78, 5) is 25.0. The third-order valence-electron chi connectivity index (χ3n) is 4.28. The minimum Gasteiger partial charge on any atom is -0.391 e. The summed E-state index contributed by atoms with van der Waals surface area (Å²) in [6.07, 6.45) is 4.76. The van der Waals surface area contributed by atoms with Crippen molar-refractivity contribution in [2.45, 2.75) is 62.6 Å². The molecule has 0 aromatic rings. The lowest BCUT2D eigenvalue weighted by atomic mass is 9.80. The second-order valence-electron chi connectivity index (χ2n) is 5.95. The number of β-amino-alcohol motifs (C(OH)–C–C–N with tert-alkyl or cyclic N) is 1. The summed E-state index contributed by atoms with van der Waals surface area (Å²) < 4.78 is 0. The highest BCUT2D eigenvalue weighted by Crippen LogP contribution is 2.30. The van der Waals surface area contributed by atoms with E-state index in [0.29, 0.717) is 0 Å². The molecular weight excluding hydrogens is 246 g/mol. The first-order valence-corrected chi connectivity index (χ1v) is 6.97. The van der Waals surface area contributed by atoms with Crippen molar-refractivity contribution < 1.29 is 14.7 Å². The smallest absolute Gasteiger partial charge is 0.240 e. The fraction of sp³-hybridized carbons (Fsp3) is 0.846. The SMILES string of the molecule is NC(=O)C1CC(O)CN1C(=O)CC1(N)CCCCC1. The molecule has 2 rings (SSSR count). The van der Waals surface area contributed by atoms with Gasteiger partial charge in [0, 0.05) is 24.9 Å². The summed E-state index contributed by atoms with van der Waals surface area (Å²) in [5.41, 5.74) is 11.1. The topological polar surface area (TPSA) is 110 Å². The molecule has 1 aliphatic carbocycles.